The molecule has 21 heavy (non-hydrogen) atoms. The van der Waals surface area contributed by atoms with E-state index in [9.17, 15) is 9.59 Å². The number of nitrogens with one attached hydrogen (secondary N) is 2. The second-order valence-corrected chi connectivity index (χ2v) is 6.52. The van der Waals surface area contributed by atoms with Crippen molar-refractivity contribution in [3.8, 4) is 0 Å². The summed E-state index contributed by atoms with van der Waals surface area (Å²) in [6.45, 7) is 6.53. The van der Waals surface area contributed by atoms with E-state index in [0.29, 0.717) is 13.1 Å². The monoisotopic (exact) mass is 292 g/mol. The zero-order chi connectivity index (χ0) is 15.5. The lowest BCUT2D eigenvalue weighted by Crippen LogP contribution is -2.47. The molecule has 6 heteroatoms. The molecule has 0 radical (unpaired) electrons. The number of urea groups is 1. The average molecular weight is 292 g/mol. The average Bonchev–Trinajstić information content (AvgIpc) is 2.37. The molecule has 1 aromatic rings. The van der Waals surface area contributed by atoms with Crippen molar-refractivity contribution >= 4 is 6.03 Å². The van der Waals surface area contributed by atoms with Gasteiger partial charge < -0.3 is 10.6 Å². The number of amides is 2. The summed E-state index contributed by atoms with van der Waals surface area (Å²) in [5.74, 6) is 0. The van der Waals surface area contributed by atoms with Crippen LogP contribution in [0.25, 0.3) is 0 Å². The topological polar surface area (TPSA) is 76.0 Å². The van der Waals surface area contributed by atoms with Crippen LogP contribution in [0.4, 0.5) is 4.79 Å². The molecule has 6 nitrogen and oxygen atoms in total. The molecule has 0 spiro atoms. The lowest BCUT2D eigenvalue weighted by Gasteiger charge is -2.21. The van der Waals surface area contributed by atoms with Gasteiger partial charge in [-0.1, -0.05) is 0 Å². The van der Waals surface area contributed by atoms with Crippen LogP contribution in [0.3, 0.4) is 0 Å². The third-order valence-electron chi connectivity index (χ3n) is 3.37. The van der Waals surface area contributed by atoms with Gasteiger partial charge in [0.1, 0.15) is 0 Å². The normalized spacial score (nSPS) is 14.4. The van der Waals surface area contributed by atoms with Gasteiger partial charge in [0.05, 0.1) is 12.2 Å². The third-order valence-corrected chi connectivity index (χ3v) is 3.37. The molecule has 0 saturated heterocycles. The lowest BCUT2D eigenvalue weighted by atomic mass is 9.97. The SMILES string of the molecule is CC(C)(C)NC(=O)NCCn1nc2c(cc1=O)CCCC2. The van der Waals surface area contributed by atoms with Crippen LogP contribution >= 0.6 is 0 Å². The fourth-order valence-corrected chi connectivity index (χ4v) is 2.42. The van der Waals surface area contributed by atoms with E-state index in [1.807, 2.05) is 20.8 Å². The Hall–Kier alpha value is -1.85. The Kier molecular flexibility index (Phi) is 4.65. The Morgan fingerprint density at radius 3 is 2.76 bits per heavy atom. The minimum atomic E-state index is -0.273. The Morgan fingerprint density at radius 2 is 2.05 bits per heavy atom. The molecule has 0 fully saturated rings. The minimum Gasteiger partial charge on any atom is -0.336 e. The van der Waals surface area contributed by atoms with Crippen molar-refractivity contribution in [1.29, 1.82) is 0 Å². The van der Waals surface area contributed by atoms with E-state index in [2.05, 4.69) is 15.7 Å². The van der Waals surface area contributed by atoms with Gasteiger partial charge in [-0.3, -0.25) is 4.79 Å². The first kappa shape index (κ1) is 15.5. The molecule has 1 aliphatic carbocycles. The smallest absolute Gasteiger partial charge is 0.315 e. The summed E-state index contributed by atoms with van der Waals surface area (Å²) in [4.78, 5) is 23.6. The van der Waals surface area contributed by atoms with Crippen LogP contribution in [-0.2, 0) is 19.4 Å². The van der Waals surface area contributed by atoms with Gasteiger partial charge in [-0.2, -0.15) is 5.10 Å². The van der Waals surface area contributed by atoms with E-state index in [0.717, 1.165) is 36.9 Å². The van der Waals surface area contributed by atoms with Crippen molar-refractivity contribution in [3.63, 3.8) is 0 Å². The number of aromatic nitrogens is 2. The summed E-state index contributed by atoms with van der Waals surface area (Å²) in [6.07, 6.45) is 4.15. The van der Waals surface area contributed by atoms with Gasteiger partial charge in [0.2, 0.25) is 0 Å². The number of fused-ring (bicyclic) bond motifs is 1. The van der Waals surface area contributed by atoms with Crippen LogP contribution < -0.4 is 16.2 Å². The Bertz CT molecular complexity index is 572. The number of carbonyl (C=O) groups excluding carboxylic acids is 1. The first-order valence-electron chi connectivity index (χ1n) is 7.51. The van der Waals surface area contributed by atoms with Crippen molar-refractivity contribution < 1.29 is 4.79 Å². The van der Waals surface area contributed by atoms with Gasteiger partial charge in [0, 0.05) is 18.2 Å². The number of carbonyl (C=O) groups is 1. The number of hydrogen-bond acceptors (Lipinski definition) is 3. The number of hydrogen-bond donors (Lipinski definition) is 2. The van der Waals surface area contributed by atoms with Crippen molar-refractivity contribution in [2.24, 2.45) is 0 Å². The first-order valence-corrected chi connectivity index (χ1v) is 7.51. The van der Waals surface area contributed by atoms with Gasteiger partial charge in [-0.15, -0.1) is 0 Å². The number of rotatable bonds is 3. The van der Waals surface area contributed by atoms with E-state index < -0.39 is 0 Å². The highest BCUT2D eigenvalue weighted by molar-refractivity contribution is 5.74. The molecule has 2 rings (SSSR count). The molecule has 2 N–H and O–H groups in total. The second-order valence-electron chi connectivity index (χ2n) is 6.52. The third kappa shape index (κ3) is 4.58. The predicted octanol–water partition coefficient (Wildman–Crippen LogP) is 1.22. The Morgan fingerprint density at radius 1 is 1.33 bits per heavy atom. The zero-order valence-electron chi connectivity index (χ0n) is 13.0. The van der Waals surface area contributed by atoms with Crippen molar-refractivity contribution in [1.82, 2.24) is 20.4 Å². The van der Waals surface area contributed by atoms with Crippen LogP contribution in [0, 0.1) is 0 Å². The highest BCUT2D eigenvalue weighted by atomic mass is 16.2. The summed E-state index contributed by atoms with van der Waals surface area (Å²) in [6, 6.07) is 1.46. The first-order chi connectivity index (χ1) is 9.85. The highest BCUT2D eigenvalue weighted by Gasteiger charge is 2.14. The van der Waals surface area contributed by atoms with Crippen LogP contribution in [0.15, 0.2) is 10.9 Å². The zero-order valence-corrected chi connectivity index (χ0v) is 13.0. The number of aryl methyl sites for hydroxylation is 2. The van der Waals surface area contributed by atoms with Gasteiger partial charge >= 0.3 is 6.03 Å². The second kappa shape index (κ2) is 6.28. The van der Waals surface area contributed by atoms with Crippen molar-refractivity contribution in [2.75, 3.05) is 6.54 Å². The molecule has 1 aliphatic rings. The maximum Gasteiger partial charge on any atom is 0.315 e. The van der Waals surface area contributed by atoms with E-state index >= 15 is 0 Å². The van der Waals surface area contributed by atoms with Gasteiger partial charge in [0.15, 0.2) is 0 Å². The number of nitrogens with zero attached hydrogens (tertiary/aromatic N) is 2. The summed E-state index contributed by atoms with van der Waals surface area (Å²) in [5, 5.41) is 9.97. The fraction of sp³-hybridized carbons (Fsp3) is 0.667. The molecule has 1 heterocycles. The molecule has 2 amide bonds. The Labute approximate surface area is 124 Å². The minimum absolute atomic E-state index is 0.0892. The summed E-state index contributed by atoms with van der Waals surface area (Å²) in [7, 11) is 0. The summed E-state index contributed by atoms with van der Waals surface area (Å²) in [5.41, 5.74) is 1.75. The largest absolute Gasteiger partial charge is 0.336 e. The quantitative estimate of drug-likeness (QED) is 0.879. The van der Waals surface area contributed by atoms with Crippen LogP contribution in [-0.4, -0.2) is 27.9 Å². The molecule has 0 atom stereocenters. The van der Waals surface area contributed by atoms with Gasteiger partial charge in [-0.05, 0) is 52.0 Å². The standard InChI is InChI=1S/C15H24N4O2/c1-15(2,3)17-14(21)16-8-9-19-13(20)10-11-6-4-5-7-12(11)18-19/h10H,4-9H2,1-3H3,(H2,16,17,21). The predicted molar refractivity (Wildman–Crippen MR) is 81.4 cm³/mol. The molecule has 0 saturated carbocycles. The van der Waals surface area contributed by atoms with Crippen molar-refractivity contribution in [2.45, 2.75) is 58.5 Å². The van der Waals surface area contributed by atoms with E-state index in [4.69, 9.17) is 0 Å². The molecule has 116 valence electrons. The Balaban J connectivity index is 1.92. The summed E-state index contributed by atoms with van der Waals surface area (Å²) >= 11 is 0. The van der Waals surface area contributed by atoms with E-state index in [1.165, 1.54) is 4.68 Å². The van der Waals surface area contributed by atoms with Gasteiger partial charge in [-0.25, -0.2) is 9.48 Å². The molecule has 0 bridgehead atoms. The molecule has 0 aliphatic heterocycles. The van der Waals surface area contributed by atoms with Crippen molar-refractivity contribution in [3.05, 3.63) is 27.7 Å². The maximum atomic E-state index is 12.0. The molecular formula is C15H24N4O2. The van der Waals surface area contributed by atoms with E-state index in [1.54, 1.807) is 6.07 Å². The maximum absolute atomic E-state index is 12.0. The fourth-order valence-electron chi connectivity index (χ4n) is 2.42. The molecule has 0 unspecified atom stereocenters. The lowest BCUT2D eigenvalue weighted by molar-refractivity contribution is 0.231. The van der Waals surface area contributed by atoms with E-state index in [-0.39, 0.29) is 17.1 Å². The molecule has 0 aromatic carbocycles. The summed E-state index contributed by atoms with van der Waals surface area (Å²) < 4.78 is 1.45. The molecular weight excluding hydrogens is 268 g/mol. The van der Waals surface area contributed by atoms with Crippen LogP contribution in [0.1, 0.15) is 44.9 Å². The molecule has 1 aromatic heterocycles. The van der Waals surface area contributed by atoms with Crippen LogP contribution in [0.5, 0.6) is 0 Å². The van der Waals surface area contributed by atoms with Gasteiger partial charge in [0.25, 0.3) is 5.56 Å². The van der Waals surface area contributed by atoms with Crippen LogP contribution in [0.2, 0.25) is 0 Å². The highest BCUT2D eigenvalue weighted by Crippen LogP contribution is 2.16.